The number of hydrogen-bond acceptors (Lipinski definition) is 4. The highest BCUT2D eigenvalue weighted by atomic mass is 16.5. The van der Waals surface area contributed by atoms with Crippen LogP contribution < -0.4 is 5.32 Å². The number of ether oxygens (including phenoxy) is 2. The number of rotatable bonds is 6. The van der Waals surface area contributed by atoms with Gasteiger partial charge in [-0.15, -0.1) is 0 Å². The number of nitrogens with one attached hydrogen (secondary N) is 1. The molecule has 1 rings (SSSR count). The maximum absolute atomic E-state index is 5.55. The molecule has 2 unspecified atom stereocenters. The Morgan fingerprint density at radius 2 is 2.24 bits per heavy atom. The van der Waals surface area contributed by atoms with Gasteiger partial charge in [0.25, 0.3) is 0 Å². The average Bonchev–Trinajstić information content (AvgIpc) is 2.29. The first kappa shape index (κ1) is 14.9. The van der Waals surface area contributed by atoms with Gasteiger partial charge in [0, 0.05) is 26.2 Å². The molecule has 0 aromatic rings. The van der Waals surface area contributed by atoms with Crippen LogP contribution in [0.1, 0.15) is 27.2 Å². The SMILES string of the molecule is CNC(CCN1CCOC(C)C1)C(C)(C)OC. The largest absolute Gasteiger partial charge is 0.377 e. The molecule has 0 aliphatic carbocycles. The number of hydrogen-bond donors (Lipinski definition) is 1. The van der Waals surface area contributed by atoms with Gasteiger partial charge in [-0.25, -0.2) is 0 Å². The first-order valence-corrected chi connectivity index (χ1v) is 6.56. The quantitative estimate of drug-likeness (QED) is 0.759. The fourth-order valence-corrected chi connectivity index (χ4v) is 2.39. The van der Waals surface area contributed by atoms with Gasteiger partial charge >= 0.3 is 0 Å². The second kappa shape index (κ2) is 6.69. The van der Waals surface area contributed by atoms with Crippen LogP contribution in [0.5, 0.6) is 0 Å². The summed E-state index contributed by atoms with van der Waals surface area (Å²) < 4.78 is 11.1. The predicted octanol–water partition coefficient (Wildman–Crippen LogP) is 1.11. The van der Waals surface area contributed by atoms with E-state index in [1.54, 1.807) is 7.11 Å². The van der Waals surface area contributed by atoms with Crippen LogP contribution in [0.3, 0.4) is 0 Å². The second-order valence-electron chi connectivity index (χ2n) is 5.42. The van der Waals surface area contributed by atoms with Crippen LogP contribution in [-0.2, 0) is 9.47 Å². The van der Waals surface area contributed by atoms with Crippen LogP contribution in [0.2, 0.25) is 0 Å². The molecule has 0 radical (unpaired) electrons. The van der Waals surface area contributed by atoms with E-state index in [2.05, 4.69) is 31.0 Å². The third-order valence-electron chi connectivity index (χ3n) is 3.77. The zero-order valence-electron chi connectivity index (χ0n) is 12.0. The van der Waals surface area contributed by atoms with Crippen molar-refractivity contribution in [3.8, 4) is 0 Å². The monoisotopic (exact) mass is 244 g/mol. The molecule has 1 aliphatic rings. The van der Waals surface area contributed by atoms with Gasteiger partial charge in [0.1, 0.15) is 0 Å². The number of methoxy groups -OCH3 is 1. The molecule has 4 heteroatoms. The Bertz CT molecular complexity index is 221. The fraction of sp³-hybridized carbons (Fsp3) is 1.00. The Kier molecular flexibility index (Phi) is 5.86. The maximum Gasteiger partial charge on any atom is 0.0775 e. The average molecular weight is 244 g/mol. The Morgan fingerprint density at radius 1 is 1.53 bits per heavy atom. The van der Waals surface area contributed by atoms with E-state index in [9.17, 15) is 0 Å². The Balaban J connectivity index is 2.37. The number of likely N-dealkylation sites (N-methyl/N-ethyl adjacent to an activating group) is 1. The Morgan fingerprint density at radius 3 is 2.76 bits per heavy atom. The Labute approximate surface area is 106 Å². The molecule has 0 saturated carbocycles. The zero-order valence-corrected chi connectivity index (χ0v) is 12.0. The lowest BCUT2D eigenvalue weighted by Crippen LogP contribution is -2.49. The summed E-state index contributed by atoms with van der Waals surface area (Å²) in [4.78, 5) is 2.48. The fourth-order valence-electron chi connectivity index (χ4n) is 2.39. The minimum atomic E-state index is -0.118. The third kappa shape index (κ3) is 4.54. The molecule has 17 heavy (non-hydrogen) atoms. The molecule has 0 amide bonds. The van der Waals surface area contributed by atoms with E-state index >= 15 is 0 Å². The predicted molar refractivity (Wildman–Crippen MR) is 70.4 cm³/mol. The van der Waals surface area contributed by atoms with Crippen molar-refractivity contribution in [2.45, 2.75) is 44.9 Å². The number of morpholine rings is 1. The van der Waals surface area contributed by atoms with Gasteiger partial charge in [0.2, 0.25) is 0 Å². The maximum atomic E-state index is 5.55. The number of nitrogens with zero attached hydrogens (tertiary/aromatic N) is 1. The van der Waals surface area contributed by atoms with Crippen molar-refractivity contribution in [1.29, 1.82) is 0 Å². The highest BCUT2D eigenvalue weighted by molar-refractivity contribution is 4.85. The van der Waals surface area contributed by atoms with Crippen molar-refractivity contribution < 1.29 is 9.47 Å². The van der Waals surface area contributed by atoms with Gasteiger partial charge in [-0.1, -0.05) is 0 Å². The summed E-state index contributed by atoms with van der Waals surface area (Å²) in [6.07, 6.45) is 1.47. The summed E-state index contributed by atoms with van der Waals surface area (Å²) in [5, 5.41) is 3.36. The molecular formula is C13H28N2O2. The van der Waals surface area contributed by atoms with E-state index in [1.807, 2.05) is 7.05 Å². The van der Waals surface area contributed by atoms with Crippen molar-refractivity contribution in [3.05, 3.63) is 0 Å². The molecule has 102 valence electrons. The first-order valence-electron chi connectivity index (χ1n) is 6.56. The van der Waals surface area contributed by atoms with Crippen LogP contribution in [0, 0.1) is 0 Å². The van der Waals surface area contributed by atoms with E-state index in [0.717, 1.165) is 32.7 Å². The molecule has 2 atom stereocenters. The first-order chi connectivity index (χ1) is 7.99. The van der Waals surface area contributed by atoms with Crippen LogP contribution in [0.15, 0.2) is 0 Å². The second-order valence-corrected chi connectivity index (χ2v) is 5.42. The summed E-state index contributed by atoms with van der Waals surface area (Å²) >= 11 is 0. The summed E-state index contributed by atoms with van der Waals surface area (Å²) in [6.45, 7) is 10.5. The topological polar surface area (TPSA) is 33.7 Å². The van der Waals surface area contributed by atoms with Gasteiger partial charge in [0.15, 0.2) is 0 Å². The lowest BCUT2D eigenvalue weighted by atomic mass is 9.95. The van der Waals surface area contributed by atoms with E-state index in [1.165, 1.54) is 0 Å². The van der Waals surface area contributed by atoms with Gasteiger partial charge in [0.05, 0.1) is 18.3 Å². The summed E-state index contributed by atoms with van der Waals surface area (Å²) in [6, 6.07) is 0.380. The Hall–Kier alpha value is -0.160. The van der Waals surface area contributed by atoms with Gasteiger partial charge in [-0.05, 0) is 40.8 Å². The molecular weight excluding hydrogens is 216 g/mol. The van der Waals surface area contributed by atoms with Gasteiger partial charge in [-0.2, -0.15) is 0 Å². The van der Waals surface area contributed by atoms with Crippen molar-refractivity contribution >= 4 is 0 Å². The third-order valence-corrected chi connectivity index (χ3v) is 3.77. The molecule has 1 saturated heterocycles. The smallest absolute Gasteiger partial charge is 0.0775 e. The molecule has 1 N–H and O–H groups in total. The zero-order chi connectivity index (χ0) is 12.9. The molecule has 0 aromatic carbocycles. The minimum Gasteiger partial charge on any atom is -0.377 e. The highest BCUT2D eigenvalue weighted by Crippen LogP contribution is 2.17. The summed E-state index contributed by atoms with van der Waals surface area (Å²) in [7, 11) is 3.79. The lowest BCUT2D eigenvalue weighted by molar-refractivity contribution is -0.0321. The van der Waals surface area contributed by atoms with Crippen molar-refractivity contribution in [1.82, 2.24) is 10.2 Å². The van der Waals surface area contributed by atoms with E-state index in [4.69, 9.17) is 9.47 Å². The highest BCUT2D eigenvalue weighted by Gasteiger charge is 2.28. The summed E-state index contributed by atoms with van der Waals surface area (Å²) in [5.41, 5.74) is -0.118. The van der Waals surface area contributed by atoms with Gasteiger partial charge in [-0.3, -0.25) is 4.90 Å². The van der Waals surface area contributed by atoms with Crippen molar-refractivity contribution in [3.63, 3.8) is 0 Å². The lowest BCUT2D eigenvalue weighted by Gasteiger charge is -2.36. The van der Waals surface area contributed by atoms with Crippen LogP contribution in [0.4, 0.5) is 0 Å². The molecule has 0 bridgehead atoms. The van der Waals surface area contributed by atoms with Crippen LogP contribution in [-0.4, -0.2) is 63.0 Å². The molecule has 0 spiro atoms. The van der Waals surface area contributed by atoms with Crippen LogP contribution in [0.25, 0.3) is 0 Å². The van der Waals surface area contributed by atoms with E-state index < -0.39 is 0 Å². The van der Waals surface area contributed by atoms with Crippen molar-refractivity contribution in [2.75, 3.05) is 40.4 Å². The van der Waals surface area contributed by atoms with Gasteiger partial charge < -0.3 is 14.8 Å². The molecule has 1 heterocycles. The van der Waals surface area contributed by atoms with Crippen molar-refractivity contribution in [2.24, 2.45) is 0 Å². The molecule has 0 aromatic heterocycles. The molecule has 4 nitrogen and oxygen atoms in total. The molecule has 1 fully saturated rings. The normalized spacial score (nSPS) is 24.9. The standard InChI is InChI=1S/C13H28N2O2/c1-11-10-15(8-9-17-11)7-6-12(14-4)13(2,3)16-5/h11-12,14H,6-10H2,1-5H3. The molecule has 1 aliphatic heterocycles. The van der Waals surface area contributed by atoms with E-state index in [0.29, 0.717) is 12.1 Å². The van der Waals surface area contributed by atoms with Crippen LogP contribution >= 0.6 is 0 Å². The van der Waals surface area contributed by atoms with E-state index in [-0.39, 0.29) is 5.60 Å². The minimum absolute atomic E-state index is 0.118. The summed E-state index contributed by atoms with van der Waals surface area (Å²) in [5.74, 6) is 0.